The normalized spacial score (nSPS) is 19.2. The Morgan fingerprint density at radius 2 is 1.03 bits per heavy atom. The Bertz CT molecular complexity index is 3190. The quantitative estimate of drug-likeness (QED) is 0.0235. The molecule has 2 aliphatic rings. The van der Waals surface area contributed by atoms with Gasteiger partial charge in [0.15, 0.2) is 6.29 Å². The molecule has 2 fully saturated rings. The average molecular weight is 1520 g/mol. The third kappa shape index (κ3) is 30.3. The number of amides is 4. The number of ether oxygens (including phenoxy) is 12. The molecule has 2 heterocycles. The fourth-order valence-electron chi connectivity index (χ4n) is 13.4. The Morgan fingerprint density at radius 3 is 1.51 bits per heavy atom. The zero-order chi connectivity index (χ0) is 79.0. The van der Waals surface area contributed by atoms with Crippen molar-refractivity contribution in [2.24, 2.45) is 16.7 Å². The second-order valence-electron chi connectivity index (χ2n) is 28.3. The zero-order valence-corrected chi connectivity index (χ0v) is 65.3. The van der Waals surface area contributed by atoms with Gasteiger partial charge in [-0.2, -0.15) is 0 Å². The molecule has 3 aromatic carbocycles. The standard InChI is InChI=1S/C81H120N4O23/c1-11-99-44-16-21-65(90)36-40-80(41-37-66(91)22-17-45-100-12-2,42-38-67(92)23-18-46-101-47-48-102-49-50-103-51-52-104-77-75(83-59(4)87)76(107-61(6)89)58(3)71(108-77)53-105-60(5)88)84-73(95)35-29-68(93)28-34-72(94)82-43-39-74(96)85-54-78(7,56-86)79(8,55-85)57-106-81(62-19-14-13-15-20-62,63-24-30-69(97-9)31-25-63)64-26-32-70(98-10)33-27-64/h13-15,19-20,24-27,30-33,58,71,75-77,86H,11-12,16-18,21-23,28-29,34-57H2,1-10H3,(H,82,94)(H,83,87)(H,84,95)/t58-,71+,75+,76-,77?,78+,79-/m0/s1. The smallest absolute Gasteiger partial charge is 0.302 e. The number of carbonyl (C=O) groups excluding carboxylic acids is 10. The van der Waals surface area contributed by atoms with Crippen LogP contribution in [0.25, 0.3) is 0 Å². The number of methoxy groups -OCH3 is 2. The minimum Gasteiger partial charge on any atom is -0.497 e. The lowest BCUT2D eigenvalue weighted by Crippen LogP contribution is -2.63. The first kappa shape index (κ1) is 91.0. The highest BCUT2D eigenvalue weighted by Gasteiger charge is 2.55. The van der Waals surface area contributed by atoms with Crippen LogP contribution in [-0.2, 0) is 101 Å². The number of ketones is 4. The Labute approximate surface area is 637 Å². The van der Waals surface area contributed by atoms with E-state index in [9.17, 15) is 53.1 Å². The molecule has 0 saturated carbocycles. The summed E-state index contributed by atoms with van der Waals surface area (Å²) in [5, 5.41) is 19.7. The van der Waals surface area contributed by atoms with Gasteiger partial charge < -0.3 is 82.8 Å². The molecule has 3 aromatic rings. The van der Waals surface area contributed by atoms with Crippen LogP contribution in [0.4, 0.5) is 0 Å². The summed E-state index contributed by atoms with van der Waals surface area (Å²) in [6.07, 6.45) is -0.775. The summed E-state index contributed by atoms with van der Waals surface area (Å²) in [4.78, 5) is 132. The third-order valence-electron chi connectivity index (χ3n) is 20.1. The topological polar surface area (TPSA) is 341 Å². The predicted molar refractivity (Wildman–Crippen MR) is 400 cm³/mol. The first-order chi connectivity index (χ1) is 51.8. The molecule has 0 aliphatic carbocycles. The number of benzene rings is 3. The second-order valence-corrected chi connectivity index (χ2v) is 28.3. The van der Waals surface area contributed by atoms with Crippen molar-refractivity contribution in [2.45, 2.75) is 200 Å². The van der Waals surface area contributed by atoms with E-state index < -0.39 is 82.1 Å². The van der Waals surface area contributed by atoms with Gasteiger partial charge >= 0.3 is 11.9 Å². The van der Waals surface area contributed by atoms with E-state index in [2.05, 4.69) is 16.0 Å². The van der Waals surface area contributed by atoms with Crippen LogP contribution in [0.3, 0.4) is 0 Å². The molecule has 4 amide bonds. The largest absolute Gasteiger partial charge is 0.497 e. The van der Waals surface area contributed by atoms with Crippen LogP contribution < -0.4 is 25.4 Å². The number of aliphatic hydroxyl groups excluding tert-OH is 1. The van der Waals surface area contributed by atoms with Crippen molar-refractivity contribution in [1.29, 1.82) is 0 Å². The molecule has 5 rings (SSSR count). The van der Waals surface area contributed by atoms with E-state index in [1.54, 1.807) is 26.0 Å². The fraction of sp³-hybridized carbons (Fsp3) is 0.654. The summed E-state index contributed by atoms with van der Waals surface area (Å²) in [6.45, 7) is 16.7. The molecular weight excluding hydrogens is 1400 g/mol. The second kappa shape index (κ2) is 48.1. The number of hydrogen-bond acceptors (Lipinski definition) is 23. The maximum absolute atomic E-state index is 14.0. The van der Waals surface area contributed by atoms with Crippen molar-refractivity contribution < 1.29 is 110 Å². The summed E-state index contributed by atoms with van der Waals surface area (Å²) in [6, 6.07) is 24.4. The minimum absolute atomic E-state index is 0.00482. The summed E-state index contributed by atoms with van der Waals surface area (Å²) in [7, 11) is 3.21. The lowest BCUT2D eigenvalue weighted by Gasteiger charge is -2.44. The monoisotopic (exact) mass is 1520 g/mol. The lowest BCUT2D eigenvalue weighted by atomic mass is 9.68. The van der Waals surface area contributed by atoms with Crippen molar-refractivity contribution >= 4 is 58.7 Å². The molecule has 0 radical (unpaired) electrons. The van der Waals surface area contributed by atoms with E-state index in [0.717, 1.165) is 16.7 Å². The fourth-order valence-corrected chi connectivity index (χ4v) is 13.4. The van der Waals surface area contributed by atoms with E-state index in [0.29, 0.717) is 57.2 Å². The van der Waals surface area contributed by atoms with Gasteiger partial charge in [-0.15, -0.1) is 0 Å². The van der Waals surface area contributed by atoms with Crippen molar-refractivity contribution in [3.8, 4) is 11.5 Å². The highest BCUT2D eigenvalue weighted by molar-refractivity contribution is 5.89. The van der Waals surface area contributed by atoms with Crippen molar-refractivity contribution in [3.05, 3.63) is 95.6 Å². The number of esters is 2. The van der Waals surface area contributed by atoms with E-state index in [1.807, 2.05) is 107 Å². The SMILES string of the molecule is CCOCCCC(=O)CCC(CCC(=O)CCCOCC)(CCC(=O)CCCOCCOCCOCCOC1O[C@H](COC(C)=O)[C@H](C)[C@H](OC(C)=O)[C@H]1NC(C)=O)NC(=O)CCC(=O)CCC(=O)NCCC(=O)N1C[C@](C)(CO)[C@](C)(COC(c2ccccc2)(c2ccc(OC)cc2)c2ccc(OC)cc2)C1. The molecule has 1 unspecified atom stereocenters. The van der Waals surface area contributed by atoms with Crippen LogP contribution in [0.1, 0.15) is 181 Å². The molecule has 602 valence electrons. The van der Waals surface area contributed by atoms with Crippen LogP contribution in [-0.4, -0.2) is 225 Å². The van der Waals surface area contributed by atoms with Gasteiger partial charge in [0.1, 0.15) is 65.1 Å². The Balaban J connectivity index is 1.10. The molecule has 27 nitrogen and oxygen atoms in total. The molecule has 0 bridgehead atoms. The highest BCUT2D eigenvalue weighted by atomic mass is 16.7. The number of likely N-dealkylation sites (tertiary alicyclic amines) is 1. The molecule has 27 heteroatoms. The third-order valence-corrected chi connectivity index (χ3v) is 20.1. The van der Waals surface area contributed by atoms with Crippen molar-refractivity contribution in [1.82, 2.24) is 20.9 Å². The van der Waals surface area contributed by atoms with Crippen molar-refractivity contribution in [2.75, 3.05) is 126 Å². The number of carbonyl (C=O) groups is 10. The molecule has 2 aliphatic heterocycles. The number of aliphatic hydroxyl groups is 1. The van der Waals surface area contributed by atoms with Gasteiger partial charge in [0.2, 0.25) is 23.6 Å². The van der Waals surface area contributed by atoms with Gasteiger partial charge in [-0.05, 0) is 93.3 Å². The zero-order valence-electron chi connectivity index (χ0n) is 65.3. The van der Waals surface area contributed by atoms with Gasteiger partial charge in [0.05, 0.1) is 67.1 Å². The first-order valence-corrected chi connectivity index (χ1v) is 38.0. The van der Waals surface area contributed by atoms with E-state index in [1.165, 1.54) is 20.8 Å². The highest BCUT2D eigenvalue weighted by Crippen LogP contribution is 2.50. The molecule has 2 saturated heterocycles. The van der Waals surface area contributed by atoms with Crippen LogP contribution in [0.15, 0.2) is 78.9 Å². The number of Topliss-reactive ketones (excluding diaryl/α,β-unsaturated/α-hetero) is 4. The molecular formula is C81H120N4O23. The van der Waals surface area contributed by atoms with Crippen LogP contribution in [0.2, 0.25) is 0 Å². The molecule has 0 spiro atoms. The summed E-state index contributed by atoms with van der Waals surface area (Å²) < 4.78 is 69.1. The van der Waals surface area contributed by atoms with Gasteiger partial charge in [-0.1, -0.05) is 75.4 Å². The lowest BCUT2D eigenvalue weighted by molar-refractivity contribution is -0.262. The predicted octanol–water partition coefficient (Wildman–Crippen LogP) is 8.24. The van der Waals surface area contributed by atoms with E-state index in [4.69, 9.17) is 56.8 Å². The van der Waals surface area contributed by atoms with E-state index in [-0.39, 0.29) is 205 Å². The van der Waals surface area contributed by atoms with Gasteiger partial charge in [0, 0.05) is 166 Å². The Hall–Kier alpha value is -7.60. The van der Waals surface area contributed by atoms with Crippen LogP contribution >= 0.6 is 0 Å². The van der Waals surface area contributed by atoms with Crippen LogP contribution in [0, 0.1) is 16.7 Å². The number of nitrogens with one attached hydrogen (secondary N) is 3. The average Bonchev–Trinajstić information content (AvgIpc) is 1.33. The van der Waals surface area contributed by atoms with Gasteiger partial charge in [-0.3, -0.25) is 47.9 Å². The number of rotatable bonds is 56. The van der Waals surface area contributed by atoms with Gasteiger partial charge in [-0.25, -0.2) is 0 Å². The molecule has 7 atom stereocenters. The minimum atomic E-state index is -1.16. The summed E-state index contributed by atoms with van der Waals surface area (Å²) in [5.74, 6) is -2.35. The van der Waals surface area contributed by atoms with Crippen molar-refractivity contribution in [3.63, 3.8) is 0 Å². The van der Waals surface area contributed by atoms with E-state index >= 15 is 0 Å². The summed E-state index contributed by atoms with van der Waals surface area (Å²) in [5.41, 5.74) is -1.33. The Kier molecular flexibility index (Phi) is 40.6. The van der Waals surface area contributed by atoms with Gasteiger partial charge in [0.25, 0.3) is 0 Å². The molecule has 0 aromatic heterocycles. The maximum atomic E-state index is 14.0. The number of hydrogen-bond donors (Lipinski definition) is 4. The summed E-state index contributed by atoms with van der Waals surface area (Å²) >= 11 is 0. The Morgan fingerprint density at radius 1 is 0.556 bits per heavy atom. The maximum Gasteiger partial charge on any atom is 0.302 e. The molecule has 108 heavy (non-hydrogen) atoms. The van der Waals surface area contributed by atoms with Crippen LogP contribution in [0.5, 0.6) is 11.5 Å². The first-order valence-electron chi connectivity index (χ1n) is 38.0. The molecule has 4 N–H and O–H groups in total. The number of nitrogens with zero attached hydrogens (tertiary/aromatic N) is 1.